The standard InChI is InChI=1S/C13H17NO3/c1-3-17-13(15)9-11(14)7-10-5-4-6-12(8-10)16-2/h4-6,8-9H,3,7,14H2,1-2H3. The number of carbonyl (C=O) groups excluding carboxylic acids is 1. The van der Waals surface area contributed by atoms with Crippen molar-refractivity contribution in [3.05, 3.63) is 41.6 Å². The zero-order chi connectivity index (χ0) is 12.7. The van der Waals surface area contributed by atoms with Crippen molar-refractivity contribution in [2.24, 2.45) is 5.73 Å². The smallest absolute Gasteiger partial charge is 0.332 e. The Balaban J connectivity index is 2.66. The van der Waals surface area contributed by atoms with Crippen LogP contribution < -0.4 is 10.5 Å². The molecule has 0 unspecified atom stereocenters. The van der Waals surface area contributed by atoms with Gasteiger partial charge in [-0.15, -0.1) is 0 Å². The fourth-order valence-corrected chi connectivity index (χ4v) is 1.40. The minimum Gasteiger partial charge on any atom is -0.497 e. The normalized spacial score (nSPS) is 11.1. The Labute approximate surface area is 101 Å². The lowest BCUT2D eigenvalue weighted by atomic mass is 10.1. The molecular formula is C13H17NO3. The number of esters is 1. The van der Waals surface area contributed by atoms with Crippen molar-refractivity contribution in [1.29, 1.82) is 0 Å². The van der Waals surface area contributed by atoms with Gasteiger partial charge in [-0.05, 0) is 24.6 Å². The van der Waals surface area contributed by atoms with Crippen LogP contribution in [0.5, 0.6) is 5.75 Å². The Bertz CT molecular complexity index is 413. The van der Waals surface area contributed by atoms with Gasteiger partial charge in [-0.2, -0.15) is 0 Å². The third-order valence-corrected chi connectivity index (χ3v) is 2.13. The highest BCUT2D eigenvalue weighted by molar-refractivity contribution is 5.82. The maximum absolute atomic E-state index is 11.2. The van der Waals surface area contributed by atoms with Gasteiger partial charge in [-0.1, -0.05) is 12.1 Å². The molecule has 0 bridgehead atoms. The second-order valence-electron chi connectivity index (χ2n) is 3.50. The van der Waals surface area contributed by atoms with Crippen LogP contribution in [-0.2, 0) is 16.0 Å². The summed E-state index contributed by atoms with van der Waals surface area (Å²) in [5.41, 5.74) is 7.21. The summed E-state index contributed by atoms with van der Waals surface area (Å²) >= 11 is 0. The molecule has 0 saturated heterocycles. The minimum atomic E-state index is -0.409. The number of carbonyl (C=O) groups is 1. The summed E-state index contributed by atoms with van der Waals surface area (Å²) in [5, 5.41) is 0. The molecule has 2 N–H and O–H groups in total. The van der Waals surface area contributed by atoms with E-state index in [1.165, 1.54) is 6.08 Å². The molecule has 0 fully saturated rings. The number of hydrogen-bond donors (Lipinski definition) is 1. The van der Waals surface area contributed by atoms with Gasteiger partial charge < -0.3 is 15.2 Å². The number of hydrogen-bond acceptors (Lipinski definition) is 4. The molecule has 0 aliphatic carbocycles. The van der Waals surface area contributed by atoms with E-state index in [9.17, 15) is 4.79 Å². The molecule has 0 radical (unpaired) electrons. The van der Waals surface area contributed by atoms with E-state index in [4.69, 9.17) is 15.2 Å². The third kappa shape index (κ3) is 4.59. The predicted octanol–water partition coefficient (Wildman–Crippen LogP) is 1.64. The van der Waals surface area contributed by atoms with Crippen molar-refractivity contribution in [2.75, 3.05) is 13.7 Å². The lowest BCUT2D eigenvalue weighted by Gasteiger charge is -2.05. The molecule has 92 valence electrons. The molecule has 0 aromatic heterocycles. The minimum absolute atomic E-state index is 0.349. The maximum atomic E-state index is 11.2. The molecule has 1 rings (SSSR count). The van der Waals surface area contributed by atoms with Gasteiger partial charge in [0.15, 0.2) is 0 Å². The van der Waals surface area contributed by atoms with E-state index in [1.54, 1.807) is 14.0 Å². The van der Waals surface area contributed by atoms with Crippen molar-refractivity contribution in [3.8, 4) is 5.75 Å². The summed E-state index contributed by atoms with van der Waals surface area (Å²) in [4.78, 5) is 11.2. The number of ether oxygens (including phenoxy) is 2. The summed E-state index contributed by atoms with van der Waals surface area (Å²) in [6.07, 6.45) is 1.80. The summed E-state index contributed by atoms with van der Waals surface area (Å²) < 4.78 is 9.88. The van der Waals surface area contributed by atoms with Gasteiger partial charge in [-0.3, -0.25) is 0 Å². The van der Waals surface area contributed by atoms with E-state index >= 15 is 0 Å². The van der Waals surface area contributed by atoms with E-state index in [1.807, 2.05) is 24.3 Å². The van der Waals surface area contributed by atoms with Crippen LogP contribution in [0.2, 0.25) is 0 Å². The zero-order valence-electron chi connectivity index (χ0n) is 10.1. The van der Waals surface area contributed by atoms with Crippen LogP contribution in [0.1, 0.15) is 12.5 Å². The molecule has 1 aromatic carbocycles. The Morgan fingerprint density at radius 3 is 2.88 bits per heavy atom. The van der Waals surface area contributed by atoms with Crippen molar-refractivity contribution in [2.45, 2.75) is 13.3 Å². The molecule has 0 aliphatic heterocycles. The highest BCUT2D eigenvalue weighted by Gasteiger charge is 2.01. The molecule has 0 spiro atoms. The molecule has 0 amide bonds. The van der Waals surface area contributed by atoms with Crippen LogP contribution in [0.3, 0.4) is 0 Å². The first-order valence-corrected chi connectivity index (χ1v) is 5.41. The van der Waals surface area contributed by atoms with Gasteiger partial charge in [0, 0.05) is 18.2 Å². The number of nitrogens with two attached hydrogens (primary N) is 1. The summed E-state index contributed by atoms with van der Waals surface area (Å²) in [6, 6.07) is 7.54. The van der Waals surface area contributed by atoms with E-state index < -0.39 is 5.97 Å². The molecule has 4 nitrogen and oxygen atoms in total. The lowest BCUT2D eigenvalue weighted by Crippen LogP contribution is -2.07. The third-order valence-electron chi connectivity index (χ3n) is 2.13. The van der Waals surface area contributed by atoms with E-state index in [-0.39, 0.29) is 0 Å². The number of methoxy groups -OCH3 is 1. The molecular weight excluding hydrogens is 218 g/mol. The van der Waals surface area contributed by atoms with Crippen LogP contribution in [0, 0.1) is 0 Å². The second-order valence-corrected chi connectivity index (χ2v) is 3.50. The fraction of sp³-hybridized carbons (Fsp3) is 0.308. The summed E-state index contributed by atoms with van der Waals surface area (Å²) in [7, 11) is 1.61. The molecule has 4 heteroatoms. The summed E-state index contributed by atoms with van der Waals surface area (Å²) in [5.74, 6) is 0.360. The predicted molar refractivity (Wildman–Crippen MR) is 65.6 cm³/mol. The van der Waals surface area contributed by atoms with Gasteiger partial charge in [0.05, 0.1) is 13.7 Å². The number of allylic oxidation sites excluding steroid dienone is 1. The second kappa shape index (κ2) is 6.58. The maximum Gasteiger partial charge on any atom is 0.332 e. The SMILES string of the molecule is CCOC(=O)C=C(N)Cc1cccc(OC)c1. The molecule has 1 aromatic rings. The van der Waals surface area contributed by atoms with Gasteiger partial charge in [0.2, 0.25) is 0 Å². The number of benzene rings is 1. The monoisotopic (exact) mass is 235 g/mol. The first-order valence-electron chi connectivity index (χ1n) is 5.41. The molecule has 0 atom stereocenters. The average Bonchev–Trinajstić information content (AvgIpc) is 2.29. The van der Waals surface area contributed by atoms with Crippen LogP contribution >= 0.6 is 0 Å². The van der Waals surface area contributed by atoms with Crippen LogP contribution in [-0.4, -0.2) is 19.7 Å². The van der Waals surface area contributed by atoms with Crippen LogP contribution in [0.4, 0.5) is 0 Å². The zero-order valence-corrected chi connectivity index (χ0v) is 10.1. The summed E-state index contributed by atoms with van der Waals surface area (Å²) in [6.45, 7) is 2.10. The average molecular weight is 235 g/mol. The first-order chi connectivity index (χ1) is 8.15. The Morgan fingerprint density at radius 1 is 1.47 bits per heavy atom. The lowest BCUT2D eigenvalue weighted by molar-refractivity contribution is -0.137. The largest absolute Gasteiger partial charge is 0.497 e. The highest BCUT2D eigenvalue weighted by atomic mass is 16.5. The molecule has 0 saturated carbocycles. The first kappa shape index (κ1) is 13.1. The van der Waals surface area contributed by atoms with E-state index in [0.717, 1.165) is 11.3 Å². The topological polar surface area (TPSA) is 61.5 Å². The van der Waals surface area contributed by atoms with Gasteiger partial charge in [0.1, 0.15) is 5.75 Å². The highest BCUT2D eigenvalue weighted by Crippen LogP contribution is 2.14. The van der Waals surface area contributed by atoms with Crippen LogP contribution in [0.25, 0.3) is 0 Å². The quantitative estimate of drug-likeness (QED) is 0.622. The van der Waals surface area contributed by atoms with Crippen molar-refractivity contribution >= 4 is 5.97 Å². The van der Waals surface area contributed by atoms with E-state index in [0.29, 0.717) is 18.7 Å². The van der Waals surface area contributed by atoms with E-state index in [2.05, 4.69) is 0 Å². The number of rotatable bonds is 5. The van der Waals surface area contributed by atoms with Gasteiger partial charge in [0.25, 0.3) is 0 Å². The van der Waals surface area contributed by atoms with Crippen molar-refractivity contribution in [1.82, 2.24) is 0 Å². The molecule has 17 heavy (non-hydrogen) atoms. The van der Waals surface area contributed by atoms with Crippen molar-refractivity contribution in [3.63, 3.8) is 0 Å². The van der Waals surface area contributed by atoms with Gasteiger partial charge in [-0.25, -0.2) is 4.79 Å². The molecule has 0 heterocycles. The fourth-order valence-electron chi connectivity index (χ4n) is 1.40. The Morgan fingerprint density at radius 2 is 2.24 bits per heavy atom. The Hall–Kier alpha value is -1.97. The van der Waals surface area contributed by atoms with Gasteiger partial charge >= 0.3 is 5.97 Å². The Kier molecular flexibility index (Phi) is 5.07. The van der Waals surface area contributed by atoms with Crippen molar-refractivity contribution < 1.29 is 14.3 Å². The molecule has 0 aliphatic rings. The van der Waals surface area contributed by atoms with Crippen LogP contribution in [0.15, 0.2) is 36.0 Å².